The van der Waals surface area contributed by atoms with Gasteiger partial charge in [0, 0.05) is 13.7 Å². The maximum atomic E-state index is 12.6. The summed E-state index contributed by atoms with van der Waals surface area (Å²) in [6.45, 7) is 6.75. The molecule has 5 nitrogen and oxygen atoms in total. The summed E-state index contributed by atoms with van der Waals surface area (Å²) in [5.41, 5.74) is -0.693. The minimum absolute atomic E-state index is 0.00981. The van der Waals surface area contributed by atoms with Crippen LogP contribution in [0, 0.1) is 11.8 Å². The highest BCUT2D eigenvalue weighted by molar-refractivity contribution is 6.00. The van der Waals surface area contributed by atoms with E-state index in [-0.39, 0.29) is 17.7 Å². The summed E-state index contributed by atoms with van der Waals surface area (Å²) in [5, 5.41) is 2.91. The van der Waals surface area contributed by atoms with Gasteiger partial charge in [-0.25, -0.2) is 0 Å². The molecule has 2 atom stereocenters. The van der Waals surface area contributed by atoms with Crippen molar-refractivity contribution in [1.29, 1.82) is 0 Å². The minimum atomic E-state index is -0.693. The van der Waals surface area contributed by atoms with Crippen molar-refractivity contribution in [1.82, 2.24) is 10.2 Å². The molecule has 0 aromatic carbocycles. The predicted molar refractivity (Wildman–Crippen MR) is 71.5 cm³/mol. The Morgan fingerprint density at radius 1 is 1.42 bits per heavy atom. The van der Waals surface area contributed by atoms with Gasteiger partial charge in [0.1, 0.15) is 11.6 Å². The average Bonchev–Trinajstić information content (AvgIpc) is 3.17. The van der Waals surface area contributed by atoms with Gasteiger partial charge in [0.2, 0.25) is 11.8 Å². The fourth-order valence-electron chi connectivity index (χ4n) is 2.90. The molecule has 0 aromatic heterocycles. The van der Waals surface area contributed by atoms with E-state index in [1.54, 1.807) is 12.0 Å². The lowest BCUT2D eigenvalue weighted by atomic mass is 9.86. The van der Waals surface area contributed by atoms with Crippen LogP contribution in [0.1, 0.15) is 33.6 Å². The highest BCUT2D eigenvalue weighted by Gasteiger charge is 2.57. The molecule has 2 amide bonds. The molecule has 1 saturated carbocycles. The molecule has 2 rings (SSSR count). The van der Waals surface area contributed by atoms with Crippen LogP contribution < -0.4 is 5.32 Å². The Balaban J connectivity index is 2.27. The van der Waals surface area contributed by atoms with Crippen molar-refractivity contribution in [2.45, 2.75) is 45.2 Å². The van der Waals surface area contributed by atoms with E-state index in [4.69, 9.17) is 4.74 Å². The van der Waals surface area contributed by atoms with Gasteiger partial charge < -0.3 is 15.0 Å². The molecule has 0 bridgehead atoms. The monoisotopic (exact) mass is 268 g/mol. The number of piperazine rings is 1. The molecule has 2 aliphatic rings. The van der Waals surface area contributed by atoms with E-state index in [0.29, 0.717) is 19.1 Å². The standard InChI is InChI=1S/C14H24N2O3/c1-9(2)11-12(17)16(7-8-19-4)14(3,10-5-6-10)13(18)15-11/h9-11H,5-8H2,1-4H3,(H,15,18). The first kappa shape index (κ1) is 14.3. The first-order chi connectivity index (χ1) is 8.92. The molecule has 1 aliphatic heterocycles. The van der Waals surface area contributed by atoms with Gasteiger partial charge in [0.15, 0.2) is 0 Å². The van der Waals surface area contributed by atoms with Gasteiger partial charge in [-0.15, -0.1) is 0 Å². The van der Waals surface area contributed by atoms with Crippen molar-refractivity contribution in [3.05, 3.63) is 0 Å². The first-order valence-corrected chi connectivity index (χ1v) is 7.04. The summed E-state index contributed by atoms with van der Waals surface area (Å²) in [6.07, 6.45) is 2.04. The van der Waals surface area contributed by atoms with Crippen LogP contribution in [-0.4, -0.2) is 48.6 Å². The van der Waals surface area contributed by atoms with Crippen LogP contribution in [0.5, 0.6) is 0 Å². The maximum absolute atomic E-state index is 12.6. The number of ether oxygens (including phenoxy) is 1. The summed E-state index contributed by atoms with van der Waals surface area (Å²) < 4.78 is 5.09. The zero-order valence-corrected chi connectivity index (χ0v) is 12.2. The minimum Gasteiger partial charge on any atom is -0.383 e. The highest BCUT2D eigenvalue weighted by Crippen LogP contribution is 2.45. The smallest absolute Gasteiger partial charge is 0.246 e. The lowest BCUT2D eigenvalue weighted by molar-refractivity contribution is -0.160. The van der Waals surface area contributed by atoms with Gasteiger partial charge in [-0.3, -0.25) is 9.59 Å². The molecule has 1 heterocycles. The van der Waals surface area contributed by atoms with Crippen LogP contribution in [0.2, 0.25) is 0 Å². The van der Waals surface area contributed by atoms with Crippen LogP contribution in [0.4, 0.5) is 0 Å². The Hall–Kier alpha value is -1.10. The summed E-state index contributed by atoms with van der Waals surface area (Å²) in [7, 11) is 1.61. The molecule has 1 N–H and O–H groups in total. The number of hydrogen-bond acceptors (Lipinski definition) is 3. The van der Waals surface area contributed by atoms with Crippen molar-refractivity contribution in [3.8, 4) is 0 Å². The van der Waals surface area contributed by atoms with E-state index in [1.807, 2.05) is 20.8 Å². The first-order valence-electron chi connectivity index (χ1n) is 7.04. The van der Waals surface area contributed by atoms with Gasteiger partial charge in [0.05, 0.1) is 6.61 Å². The normalized spacial score (nSPS) is 31.8. The second-order valence-corrected chi connectivity index (χ2v) is 6.10. The number of rotatable bonds is 5. The molecular weight excluding hydrogens is 244 g/mol. The largest absolute Gasteiger partial charge is 0.383 e. The average molecular weight is 268 g/mol. The molecule has 0 spiro atoms. The Morgan fingerprint density at radius 2 is 2.05 bits per heavy atom. The molecule has 19 heavy (non-hydrogen) atoms. The molecule has 2 unspecified atom stereocenters. The Morgan fingerprint density at radius 3 is 2.53 bits per heavy atom. The fraction of sp³-hybridized carbons (Fsp3) is 0.857. The third kappa shape index (κ3) is 2.36. The number of hydrogen-bond donors (Lipinski definition) is 1. The highest BCUT2D eigenvalue weighted by atomic mass is 16.5. The van der Waals surface area contributed by atoms with Crippen molar-refractivity contribution < 1.29 is 14.3 Å². The van der Waals surface area contributed by atoms with Crippen LogP contribution in [-0.2, 0) is 14.3 Å². The third-order valence-corrected chi connectivity index (χ3v) is 4.40. The number of carbonyl (C=O) groups excluding carboxylic acids is 2. The van der Waals surface area contributed by atoms with Crippen molar-refractivity contribution >= 4 is 11.8 Å². The van der Waals surface area contributed by atoms with Crippen molar-refractivity contribution in [2.75, 3.05) is 20.3 Å². The maximum Gasteiger partial charge on any atom is 0.246 e. The Bertz CT molecular complexity index is 379. The lowest BCUT2D eigenvalue weighted by Gasteiger charge is -2.47. The quantitative estimate of drug-likeness (QED) is 0.802. The van der Waals surface area contributed by atoms with Crippen LogP contribution in [0.3, 0.4) is 0 Å². The fourth-order valence-corrected chi connectivity index (χ4v) is 2.90. The number of methoxy groups -OCH3 is 1. The van der Waals surface area contributed by atoms with Crippen molar-refractivity contribution in [3.63, 3.8) is 0 Å². The van der Waals surface area contributed by atoms with Crippen LogP contribution >= 0.6 is 0 Å². The zero-order valence-electron chi connectivity index (χ0n) is 12.2. The van der Waals surface area contributed by atoms with Gasteiger partial charge in [0.25, 0.3) is 0 Å². The lowest BCUT2D eigenvalue weighted by Crippen LogP contribution is -2.71. The molecule has 0 aromatic rings. The molecular formula is C14H24N2O3. The van der Waals surface area contributed by atoms with E-state index in [2.05, 4.69) is 5.32 Å². The van der Waals surface area contributed by atoms with Gasteiger partial charge in [-0.1, -0.05) is 13.8 Å². The topological polar surface area (TPSA) is 58.6 Å². The van der Waals surface area contributed by atoms with E-state index < -0.39 is 11.6 Å². The summed E-state index contributed by atoms with van der Waals surface area (Å²) in [5.74, 6) is 0.414. The van der Waals surface area contributed by atoms with E-state index in [0.717, 1.165) is 12.8 Å². The number of nitrogens with zero attached hydrogens (tertiary/aromatic N) is 1. The van der Waals surface area contributed by atoms with E-state index in [9.17, 15) is 9.59 Å². The summed E-state index contributed by atoms with van der Waals surface area (Å²) in [6, 6.07) is -0.406. The number of amides is 2. The SMILES string of the molecule is COCCN1C(=O)C(C(C)C)NC(=O)C1(C)C1CC1. The second-order valence-electron chi connectivity index (χ2n) is 6.10. The van der Waals surface area contributed by atoms with E-state index >= 15 is 0 Å². The van der Waals surface area contributed by atoms with Gasteiger partial charge in [-0.2, -0.15) is 0 Å². The van der Waals surface area contributed by atoms with Crippen LogP contribution in [0.25, 0.3) is 0 Å². The van der Waals surface area contributed by atoms with Crippen LogP contribution in [0.15, 0.2) is 0 Å². The number of carbonyl (C=O) groups is 2. The van der Waals surface area contributed by atoms with Gasteiger partial charge >= 0.3 is 0 Å². The number of nitrogens with one attached hydrogen (secondary N) is 1. The Kier molecular flexibility index (Phi) is 3.85. The zero-order chi connectivity index (χ0) is 14.2. The molecule has 5 heteroatoms. The summed E-state index contributed by atoms with van der Waals surface area (Å²) in [4.78, 5) is 26.9. The predicted octanol–water partition coefficient (Wildman–Crippen LogP) is 0.784. The molecule has 1 aliphatic carbocycles. The Labute approximate surface area is 114 Å². The second kappa shape index (κ2) is 5.12. The summed E-state index contributed by atoms with van der Waals surface area (Å²) >= 11 is 0. The molecule has 0 radical (unpaired) electrons. The van der Waals surface area contributed by atoms with Crippen molar-refractivity contribution in [2.24, 2.45) is 11.8 Å². The third-order valence-electron chi connectivity index (χ3n) is 4.40. The molecule has 108 valence electrons. The van der Waals surface area contributed by atoms with E-state index in [1.165, 1.54) is 0 Å². The molecule has 2 fully saturated rings. The van der Waals surface area contributed by atoms with Gasteiger partial charge in [-0.05, 0) is 31.6 Å². The molecule has 1 saturated heterocycles.